The molecule has 0 radical (unpaired) electrons. The topological polar surface area (TPSA) is 57.2 Å². The van der Waals surface area contributed by atoms with E-state index in [-0.39, 0.29) is 34.5 Å². The van der Waals surface area contributed by atoms with Crippen LogP contribution in [0.15, 0.2) is 23.1 Å². The van der Waals surface area contributed by atoms with Crippen LogP contribution in [0.25, 0.3) is 0 Å². The van der Waals surface area contributed by atoms with Crippen molar-refractivity contribution in [2.45, 2.75) is 18.7 Å². The van der Waals surface area contributed by atoms with Crippen LogP contribution in [-0.4, -0.2) is 13.0 Å². The number of benzene rings is 1. The quantitative estimate of drug-likeness (QED) is 0.404. The summed E-state index contributed by atoms with van der Waals surface area (Å²) in [6, 6.07) is 4.55. The fourth-order valence-corrected chi connectivity index (χ4v) is 1.74. The maximum Gasteiger partial charge on any atom is 1.00 e. The molecule has 0 amide bonds. The molecule has 0 fully saturated rings. The zero-order valence-corrected chi connectivity index (χ0v) is 10.7. The molecule has 0 aliphatic rings. The molecule has 1 aromatic carbocycles. The second-order valence-electron chi connectivity index (χ2n) is 2.78. The molecular formula is C8H9NaO3S. The SMILES string of the molecule is Cc1cc(C)cc(S(=O)(=O)[O-])c1.[Na+]. The van der Waals surface area contributed by atoms with Gasteiger partial charge in [0, 0.05) is 0 Å². The molecule has 0 spiro atoms. The minimum atomic E-state index is -4.30. The van der Waals surface area contributed by atoms with E-state index in [4.69, 9.17) is 0 Å². The molecule has 1 aromatic rings. The number of hydrogen-bond acceptors (Lipinski definition) is 3. The molecule has 0 aromatic heterocycles. The fourth-order valence-electron chi connectivity index (χ4n) is 1.08. The van der Waals surface area contributed by atoms with Gasteiger partial charge in [0.05, 0.1) is 4.90 Å². The van der Waals surface area contributed by atoms with Crippen molar-refractivity contribution in [1.82, 2.24) is 0 Å². The summed E-state index contributed by atoms with van der Waals surface area (Å²) in [6.07, 6.45) is 0. The van der Waals surface area contributed by atoms with E-state index < -0.39 is 10.1 Å². The minimum absolute atomic E-state index is 0. The van der Waals surface area contributed by atoms with Crippen LogP contribution in [0.2, 0.25) is 0 Å². The van der Waals surface area contributed by atoms with Gasteiger partial charge < -0.3 is 4.55 Å². The molecule has 0 bridgehead atoms. The van der Waals surface area contributed by atoms with Crippen molar-refractivity contribution in [3.8, 4) is 0 Å². The summed E-state index contributed by atoms with van der Waals surface area (Å²) in [6.45, 7) is 3.50. The molecule has 0 saturated heterocycles. The van der Waals surface area contributed by atoms with E-state index in [0.717, 1.165) is 11.1 Å². The Hall–Kier alpha value is 0.130. The molecule has 1 rings (SSSR count). The first kappa shape index (κ1) is 13.1. The largest absolute Gasteiger partial charge is 1.00 e. The predicted octanol–water partition coefficient (Wildman–Crippen LogP) is -1.79. The smallest absolute Gasteiger partial charge is 0.744 e. The van der Waals surface area contributed by atoms with Crippen LogP contribution in [0.1, 0.15) is 11.1 Å². The molecule has 0 saturated carbocycles. The van der Waals surface area contributed by atoms with Gasteiger partial charge in [-0.2, -0.15) is 0 Å². The second kappa shape index (κ2) is 4.57. The van der Waals surface area contributed by atoms with Crippen molar-refractivity contribution in [1.29, 1.82) is 0 Å². The van der Waals surface area contributed by atoms with E-state index in [1.807, 2.05) is 6.07 Å². The number of hydrogen-bond donors (Lipinski definition) is 0. The second-order valence-corrected chi connectivity index (χ2v) is 4.16. The summed E-state index contributed by atoms with van der Waals surface area (Å²) < 4.78 is 31.7. The van der Waals surface area contributed by atoms with Crippen LogP contribution in [0.5, 0.6) is 0 Å². The summed E-state index contributed by atoms with van der Waals surface area (Å²) in [5, 5.41) is 0. The standard InChI is InChI=1S/C8H10O3S.Na/c1-6-3-7(2)5-8(4-6)12(9,10)11;/h3-5H,1-2H3,(H,9,10,11);/q;+1/p-1. The molecule has 0 atom stereocenters. The monoisotopic (exact) mass is 208 g/mol. The molecule has 0 aliphatic carbocycles. The van der Waals surface area contributed by atoms with Gasteiger partial charge in [-0.1, -0.05) is 6.07 Å². The maximum atomic E-state index is 10.6. The van der Waals surface area contributed by atoms with Gasteiger partial charge in [0.1, 0.15) is 10.1 Å². The Bertz CT molecular complexity index is 378. The van der Waals surface area contributed by atoms with E-state index in [1.54, 1.807) is 13.8 Å². The first-order valence-corrected chi connectivity index (χ1v) is 4.84. The summed E-state index contributed by atoms with van der Waals surface area (Å²) in [5.41, 5.74) is 1.56. The first-order chi connectivity index (χ1) is 5.39. The normalized spacial score (nSPS) is 10.7. The van der Waals surface area contributed by atoms with Crippen LogP contribution in [0.4, 0.5) is 0 Å². The average molecular weight is 208 g/mol. The van der Waals surface area contributed by atoms with Crippen molar-refractivity contribution in [2.75, 3.05) is 0 Å². The summed E-state index contributed by atoms with van der Waals surface area (Å²) in [5.74, 6) is 0. The van der Waals surface area contributed by atoms with Gasteiger partial charge in [0.25, 0.3) is 0 Å². The van der Waals surface area contributed by atoms with E-state index in [2.05, 4.69) is 0 Å². The first-order valence-electron chi connectivity index (χ1n) is 3.44. The van der Waals surface area contributed by atoms with Gasteiger partial charge in [-0.25, -0.2) is 8.42 Å². The van der Waals surface area contributed by atoms with Crippen LogP contribution in [0, 0.1) is 13.8 Å². The average Bonchev–Trinajstić information content (AvgIpc) is 1.82. The molecule has 0 aliphatic heterocycles. The van der Waals surface area contributed by atoms with Gasteiger partial charge in [-0.05, 0) is 37.1 Å². The van der Waals surface area contributed by atoms with Crippen LogP contribution < -0.4 is 29.6 Å². The molecule has 0 heterocycles. The summed E-state index contributed by atoms with van der Waals surface area (Å²) in [4.78, 5) is -0.153. The summed E-state index contributed by atoms with van der Waals surface area (Å²) >= 11 is 0. The third-order valence-electron chi connectivity index (χ3n) is 1.48. The molecule has 0 N–H and O–H groups in total. The number of rotatable bonds is 1. The predicted molar refractivity (Wildman–Crippen MR) is 43.9 cm³/mol. The fraction of sp³-hybridized carbons (Fsp3) is 0.250. The Morgan fingerprint density at radius 2 is 1.46 bits per heavy atom. The Morgan fingerprint density at radius 1 is 1.08 bits per heavy atom. The van der Waals surface area contributed by atoms with Crippen molar-refractivity contribution in [2.24, 2.45) is 0 Å². The molecular weight excluding hydrogens is 199 g/mol. The molecule has 66 valence electrons. The third-order valence-corrected chi connectivity index (χ3v) is 2.30. The van der Waals surface area contributed by atoms with E-state index in [9.17, 15) is 13.0 Å². The Balaban J connectivity index is 0.00000144. The molecule has 0 unspecified atom stereocenters. The zero-order valence-electron chi connectivity index (χ0n) is 7.87. The van der Waals surface area contributed by atoms with Gasteiger partial charge in [-0.15, -0.1) is 0 Å². The van der Waals surface area contributed by atoms with E-state index in [0.29, 0.717) is 0 Å². The Kier molecular flexibility index (Phi) is 4.62. The number of aryl methyl sites for hydroxylation is 2. The van der Waals surface area contributed by atoms with E-state index >= 15 is 0 Å². The van der Waals surface area contributed by atoms with Crippen LogP contribution in [0.3, 0.4) is 0 Å². The van der Waals surface area contributed by atoms with Crippen molar-refractivity contribution >= 4 is 10.1 Å². The van der Waals surface area contributed by atoms with Gasteiger partial charge >= 0.3 is 29.6 Å². The zero-order chi connectivity index (χ0) is 9.35. The van der Waals surface area contributed by atoms with Crippen LogP contribution in [-0.2, 0) is 10.1 Å². The maximum absolute atomic E-state index is 10.6. The van der Waals surface area contributed by atoms with Crippen molar-refractivity contribution in [3.63, 3.8) is 0 Å². The third kappa shape index (κ3) is 3.79. The van der Waals surface area contributed by atoms with Gasteiger partial charge in [-0.3, -0.25) is 0 Å². The Labute approximate surface area is 100 Å². The van der Waals surface area contributed by atoms with E-state index in [1.165, 1.54) is 12.1 Å². The van der Waals surface area contributed by atoms with Crippen molar-refractivity contribution in [3.05, 3.63) is 29.3 Å². The molecule has 13 heavy (non-hydrogen) atoms. The van der Waals surface area contributed by atoms with Crippen molar-refractivity contribution < 1.29 is 42.5 Å². The Morgan fingerprint density at radius 3 is 1.77 bits per heavy atom. The summed E-state index contributed by atoms with van der Waals surface area (Å²) in [7, 11) is -4.30. The van der Waals surface area contributed by atoms with Gasteiger partial charge in [0.2, 0.25) is 0 Å². The minimum Gasteiger partial charge on any atom is -0.744 e. The van der Waals surface area contributed by atoms with Gasteiger partial charge in [0.15, 0.2) is 0 Å². The molecule has 5 heteroatoms. The van der Waals surface area contributed by atoms with Crippen LogP contribution >= 0.6 is 0 Å². The molecule has 3 nitrogen and oxygen atoms in total.